The van der Waals surface area contributed by atoms with E-state index in [1.807, 2.05) is 0 Å². The number of hydrogen-bond donors (Lipinski definition) is 2. The third-order valence-electron chi connectivity index (χ3n) is 3.52. The molecule has 1 aliphatic rings. The summed E-state index contributed by atoms with van der Waals surface area (Å²) in [6.45, 7) is -0.172. The van der Waals surface area contributed by atoms with Gasteiger partial charge in [0.1, 0.15) is 12.6 Å². The third-order valence-corrected chi connectivity index (χ3v) is 3.52. The zero-order chi connectivity index (χ0) is 17.5. The zero-order valence-corrected chi connectivity index (χ0v) is 13.2. The molecule has 1 aromatic carbocycles. The molecule has 24 heavy (non-hydrogen) atoms. The second-order valence-corrected chi connectivity index (χ2v) is 5.15. The fourth-order valence-electron chi connectivity index (χ4n) is 2.40. The third kappa shape index (κ3) is 4.09. The Morgan fingerprint density at radius 1 is 1.42 bits per heavy atom. The number of rotatable bonds is 6. The number of carbonyl (C=O) groups is 4. The minimum absolute atomic E-state index is 0.168. The quantitative estimate of drug-likeness (QED) is 0.568. The number of para-hydroxylation sites is 1. The van der Waals surface area contributed by atoms with E-state index in [0.717, 1.165) is 0 Å². The molecule has 8 nitrogen and oxygen atoms in total. The van der Waals surface area contributed by atoms with Gasteiger partial charge >= 0.3 is 0 Å². The number of imide groups is 1. The lowest BCUT2D eigenvalue weighted by atomic mass is 10.1. The molecule has 1 atom stereocenters. The molecule has 0 bridgehead atoms. The van der Waals surface area contributed by atoms with Gasteiger partial charge in [-0.05, 0) is 25.0 Å². The van der Waals surface area contributed by atoms with Crippen molar-refractivity contribution in [3.05, 3.63) is 23.8 Å². The van der Waals surface area contributed by atoms with E-state index >= 15 is 0 Å². The van der Waals surface area contributed by atoms with Crippen molar-refractivity contribution < 1.29 is 28.7 Å². The van der Waals surface area contributed by atoms with Crippen LogP contribution in [0.4, 0.5) is 0 Å². The van der Waals surface area contributed by atoms with Crippen LogP contribution in [0.2, 0.25) is 0 Å². The molecule has 0 spiro atoms. The maximum atomic E-state index is 12.5. The lowest BCUT2D eigenvalue weighted by Gasteiger charge is -2.17. The van der Waals surface area contributed by atoms with Crippen LogP contribution in [-0.4, -0.2) is 43.8 Å². The molecule has 0 radical (unpaired) electrons. The number of amides is 3. The van der Waals surface area contributed by atoms with Gasteiger partial charge in [-0.1, -0.05) is 6.07 Å². The number of benzene rings is 1. The Kier molecular flexibility index (Phi) is 5.89. The Labute approximate surface area is 138 Å². The number of nitrogens with one attached hydrogen (secondary N) is 2. The van der Waals surface area contributed by atoms with Crippen molar-refractivity contribution in [1.29, 1.82) is 0 Å². The zero-order valence-electron chi connectivity index (χ0n) is 13.2. The molecule has 2 rings (SSSR count). The van der Waals surface area contributed by atoms with Gasteiger partial charge in [0, 0.05) is 6.42 Å². The molecule has 1 aliphatic heterocycles. The molecular formula is C16H18N2O6. The molecule has 1 aromatic rings. The number of methoxy groups -OCH3 is 1. The van der Waals surface area contributed by atoms with Crippen LogP contribution in [0.25, 0.3) is 0 Å². The largest absolute Gasteiger partial charge is 0.492 e. The average Bonchev–Trinajstić information content (AvgIpc) is 2.73. The molecule has 0 aromatic heterocycles. The Balaban J connectivity index is 2.18. The van der Waals surface area contributed by atoms with Gasteiger partial charge in [0.2, 0.25) is 11.8 Å². The van der Waals surface area contributed by atoms with Crippen LogP contribution in [-0.2, 0) is 14.4 Å². The highest BCUT2D eigenvalue weighted by molar-refractivity contribution is 6.03. The van der Waals surface area contributed by atoms with Crippen LogP contribution < -0.4 is 20.1 Å². The van der Waals surface area contributed by atoms with Crippen molar-refractivity contribution in [2.75, 3.05) is 13.7 Å². The van der Waals surface area contributed by atoms with Gasteiger partial charge in [0.25, 0.3) is 5.91 Å². The fraction of sp³-hybridized carbons (Fsp3) is 0.375. The molecule has 1 saturated heterocycles. The van der Waals surface area contributed by atoms with E-state index in [0.29, 0.717) is 19.1 Å². The predicted octanol–water partition coefficient (Wildman–Crippen LogP) is 0.198. The lowest BCUT2D eigenvalue weighted by Crippen LogP contribution is -2.46. The van der Waals surface area contributed by atoms with Crippen LogP contribution in [0.15, 0.2) is 18.2 Å². The molecule has 1 unspecified atom stereocenters. The summed E-state index contributed by atoms with van der Waals surface area (Å²) in [6.07, 6.45) is 1.70. The summed E-state index contributed by atoms with van der Waals surface area (Å²) < 4.78 is 10.4. The van der Waals surface area contributed by atoms with E-state index in [2.05, 4.69) is 10.6 Å². The number of hydrogen-bond acceptors (Lipinski definition) is 6. The van der Waals surface area contributed by atoms with E-state index in [9.17, 15) is 19.2 Å². The van der Waals surface area contributed by atoms with Gasteiger partial charge in [-0.15, -0.1) is 0 Å². The van der Waals surface area contributed by atoms with Crippen molar-refractivity contribution >= 4 is 24.0 Å². The van der Waals surface area contributed by atoms with E-state index in [1.165, 1.54) is 13.2 Å². The summed E-state index contributed by atoms with van der Waals surface area (Å²) in [6, 6.07) is 3.86. The van der Waals surface area contributed by atoms with Crippen LogP contribution in [0.3, 0.4) is 0 Å². The second kappa shape index (κ2) is 8.09. The normalized spacial score (nSPS) is 17.5. The molecule has 1 fully saturated rings. The Morgan fingerprint density at radius 2 is 2.21 bits per heavy atom. The van der Waals surface area contributed by atoms with Gasteiger partial charge in [0.05, 0.1) is 12.7 Å². The van der Waals surface area contributed by atoms with Crippen molar-refractivity contribution in [2.24, 2.45) is 0 Å². The highest BCUT2D eigenvalue weighted by Crippen LogP contribution is 2.31. The van der Waals surface area contributed by atoms with Gasteiger partial charge in [-0.2, -0.15) is 0 Å². The molecule has 1 heterocycles. The first kappa shape index (κ1) is 17.5. The van der Waals surface area contributed by atoms with Gasteiger partial charge in [0.15, 0.2) is 17.8 Å². The van der Waals surface area contributed by atoms with Crippen molar-refractivity contribution in [3.8, 4) is 11.5 Å². The van der Waals surface area contributed by atoms with Crippen LogP contribution in [0.5, 0.6) is 11.5 Å². The van der Waals surface area contributed by atoms with Gasteiger partial charge in [-0.25, -0.2) is 0 Å². The summed E-state index contributed by atoms with van der Waals surface area (Å²) >= 11 is 0. The lowest BCUT2D eigenvalue weighted by molar-refractivity contribution is -0.130. The number of ether oxygens (including phenoxy) is 2. The highest BCUT2D eigenvalue weighted by atomic mass is 16.5. The molecule has 8 heteroatoms. The maximum absolute atomic E-state index is 12.5. The molecule has 0 aliphatic carbocycles. The minimum atomic E-state index is -0.798. The van der Waals surface area contributed by atoms with Crippen molar-refractivity contribution in [2.45, 2.75) is 25.3 Å². The summed E-state index contributed by atoms with van der Waals surface area (Å²) in [5.74, 6) is -0.991. The van der Waals surface area contributed by atoms with Crippen molar-refractivity contribution in [1.82, 2.24) is 10.6 Å². The Morgan fingerprint density at radius 3 is 2.92 bits per heavy atom. The first-order chi connectivity index (χ1) is 11.6. The summed E-state index contributed by atoms with van der Waals surface area (Å²) in [4.78, 5) is 46.2. The van der Waals surface area contributed by atoms with Crippen LogP contribution in [0.1, 0.15) is 29.6 Å². The predicted molar refractivity (Wildman–Crippen MR) is 82.8 cm³/mol. The van der Waals surface area contributed by atoms with Gasteiger partial charge in [-0.3, -0.25) is 24.5 Å². The molecule has 0 saturated carbocycles. The topological polar surface area (TPSA) is 111 Å². The van der Waals surface area contributed by atoms with E-state index < -0.39 is 17.9 Å². The van der Waals surface area contributed by atoms with Crippen LogP contribution >= 0.6 is 0 Å². The van der Waals surface area contributed by atoms with E-state index in [1.54, 1.807) is 12.1 Å². The summed E-state index contributed by atoms with van der Waals surface area (Å²) in [5, 5.41) is 4.82. The monoisotopic (exact) mass is 334 g/mol. The fourth-order valence-corrected chi connectivity index (χ4v) is 2.40. The SMILES string of the molecule is COc1c(OCC=O)cccc1C(=O)NC1CCCC(=O)NC1=O. The standard InChI is InChI=1S/C16H18N2O6/c1-23-14-10(4-2-6-12(14)24-9-8-19)15(21)17-11-5-3-7-13(20)18-16(11)22/h2,4,6,8,11H,3,5,7,9H2,1H3,(H,17,21)(H,18,20,22). The van der Waals surface area contributed by atoms with Crippen LogP contribution in [0, 0.1) is 0 Å². The number of carbonyl (C=O) groups excluding carboxylic acids is 4. The molecule has 3 amide bonds. The first-order valence-electron chi connectivity index (χ1n) is 7.44. The Hall–Kier alpha value is -2.90. The molecule has 128 valence electrons. The Bertz CT molecular complexity index is 658. The van der Waals surface area contributed by atoms with E-state index in [-0.39, 0.29) is 36.0 Å². The minimum Gasteiger partial charge on any atom is -0.492 e. The smallest absolute Gasteiger partial charge is 0.255 e. The average molecular weight is 334 g/mol. The first-order valence-corrected chi connectivity index (χ1v) is 7.44. The summed E-state index contributed by atoms with van der Waals surface area (Å²) in [5.41, 5.74) is 0.171. The number of aldehydes is 1. The highest BCUT2D eigenvalue weighted by Gasteiger charge is 2.27. The van der Waals surface area contributed by atoms with Crippen molar-refractivity contribution in [3.63, 3.8) is 0 Å². The van der Waals surface area contributed by atoms with Gasteiger partial charge < -0.3 is 14.8 Å². The summed E-state index contributed by atoms with van der Waals surface area (Å²) in [7, 11) is 1.37. The molecular weight excluding hydrogens is 316 g/mol. The van der Waals surface area contributed by atoms with E-state index in [4.69, 9.17) is 9.47 Å². The molecule has 2 N–H and O–H groups in total. The second-order valence-electron chi connectivity index (χ2n) is 5.15. The maximum Gasteiger partial charge on any atom is 0.255 e.